The zero-order chi connectivity index (χ0) is 17.5. The number of hydrogen-bond donors (Lipinski definition) is 1. The van der Waals surface area contributed by atoms with Gasteiger partial charge in [0.2, 0.25) is 10.0 Å². The molecule has 0 bridgehead atoms. The zero-order valence-corrected chi connectivity index (χ0v) is 14.2. The first-order valence-corrected chi connectivity index (χ1v) is 9.20. The summed E-state index contributed by atoms with van der Waals surface area (Å²) >= 11 is 0. The lowest BCUT2D eigenvalue weighted by Gasteiger charge is -2.07. The molecule has 0 saturated heterocycles. The molecule has 7 nitrogen and oxygen atoms in total. The number of nitrogens with zero attached hydrogens (tertiary/aromatic N) is 4. The second-order valence-electron chi connectivity index (χ2n) is 5.17. The van der Waals surface area contributed by atoms with Crippen molar-refractivity contribution in [1.29, 1.82) is 0 Å². The van der Waals surface area contributed by atoms with Gasteiger partial charge in [-0.2, -0.15) is 0 Å². The van der Waals surface area contributed by atoms with E-state index < -0.39 is 10.0 Å². The Kier molecular flexibility index (Phi) is 5.32. The molecule has 0 amide bonds. The molecule has 2 aromatic heterocycles. The van der Waals surface area contributed by atoms with Crippen molar-refractivity contribution in [1.82, 2.24) is 24.2 Å². The topological polar surface area (TPSA) is 89.8 Å². The van der Waals surface area contributed by atoms with Crippen LogP contribution in [0, 0.1) is 0 Å². The van der Waals surface area contributed by atoms with Gasteiger partial charge in [0.15, 0.2) is 11.6 Å². The van der Waals surface area contributed by atoms with Crippen LogP contribution in [0.1, 0.15) is 5.56 Å². The van der Waals surface area contributed by atoms with E-state index in [1.807, 2.05) is 30.3 Å². The van der Waals surface area contributed by atoms with Crippen molar-refractivity contribution >= 4 is 16.1 Å². The average Bonchev–Trinajstić information content (AvgIpc) is 3.10. The molecule has 1 aromatic carbocycles. The van der Waals surface area contributed by atoms with Crippen LogP contribution in [0.15, 0.2) is 66.6 Å². The van der Waals surface area contributed by atoms with Crippen LogP contribution in [0.3, 0.4) is 0 Å². The monoisotopic (exact) mass is 355 g/mol. The maximum absolute atomic E-state index is 12.0. The van der Waals surface area contributed by atoms with Crippen LogP contribution in [0.4, 0.5) is 0 Å². The molecule has 3 aromatic rings. The first kappa shape index (κ1) is 17.0. The van der Waals surface area contributed by atoms with E-state index in [1.54, 1.807) is 41.5 Å². The summed E-state index contributed by atoms with van der Waals surface area (Å²) in [5.74, 6) is 1.10. The highest BCUT2D eigenvalue weighted by molar-refractivity contribution is 7.92. The van der Waals surface area contributed by atoms with Crippen LogP contribution >= 0.6 is 0 Å². The van der Waals surface area contributed by atoms with Crippen molar-refractivity contribution in [2.75, 3.05) is 6.54 Å². The Bertz CT molecular complexity index is 937. The van der Waals surface area contributed by atoms with E-state index in [2.05, 4.69) is 19.7 Å². The summed E-state index contributed by atoms with van der Waals surface area (Å²) in [7, 11) is -3.51. The van der Waals surface area contributed by atoms with Gasteiger partial charge >= 0.3 is 0 Å². The predicted molar refractivity (Wildman–Crippen MR) is 95.7 cm³/mol. The highest BCUT2D eigenvalue weighted by Crippen LogP contribution is 2.10. The van der Waals surface area contributed by atoms with E-state index in [1.165, 1.54) is 0 Å². The molecule has 0 unspecified atom stereocenters. The van der Waals surface area contributed by atoms with Gasteiger partial charge in [-0.05, 0) is 17.7 Å². The van der Waals surface area contributed by atoms with E-state index in [-0.39, 0.29) is 6.54 Å². The lowest BCUT2D eigenvalue weighted by atomic mass is 10.2. The van der Waals surface area contributed by atoms with Crippen LogP contribution in [-0.2, 0) is 16.6 Å². The summed E-state index contributed by atoms with van der Waals surface area (Å²) in [6.07, 6.45) is 8.23. The molecule has 0 aliphatic heterocycles. The summed E-state index contributed by atoms with van der Waals surface area (Å²) in [4.78, 5) is 12.5. The molecule has 3 rings (SSSR count). The van der Waals surface area contributed by atoms with Gasteiger partial charge in [-0.25, -0.2) is 28.1 Å². The van der Waals surface area contributed by atoms with Gasteiger partial charge < -0.3 is 4.57 Å². The maximum Gasteiger partial charge on any atom is 0.233 e. The summed E-state index contributed by atoms with van der Waals surface area (Å²) in [5.41, 5.74) is 0.825. The lowest BCUT2D eigenvalue weighted by molar-refractivity contribution is 0.582. The molecule has 128 valence electrons. The van der Waals surface area contributed by atoms with Crippen molar-refractivity contribution in [3.63, 3.8) is 0 Å². The smallest absolute Gasteiger partial charge is 0.233 e. The molecule has 2 heterocycles. The molecule has 0 radical (unpaired) electrons. The van der Waals surface area contributed by atoms with Gasteiger partial charge in [0.1, 0.15) is 0 Å². The van der Waals surface area contributed by atoms with Crippen LogP contribution in [0.25, 0.3) is 17.7 Å². The second kappa shape index (κ2) is 7.82. The van der Waals surface area contributed by atoms with Gasteiger partial charge in [-0.1, -0.05) is 30.3 Å². The molecule has 0 fully saturated rings. The number of aromatic nitrogens is 4. The fourth-order valence-corrected chi connectivity index (χ4v) is 3.01. The second-order valence-corrected chi connectivity index (χ2v) is 6.82. The minimum Gasteiger partial charge on any atom is -0.327 e. The molecule has 0 aliphatic rings. The molecule has 0 atom stereocenters. The zero-order valence-electron chi connectivity index (χ0n) is 13.4. The number of nitrogens with one attached hydrogen (secondary N) is 1. The van der Waals surface area contributed by atoms with Gasteiger partial charge in [0.05, 0.1) is 0 Å². The van der Waals surface area contributed by atoms with Gasteiger partial charge in [0, 0.05) is 43.3 Å². The SMILES string of the molecule is O=S(=O)(C=Cc1ccccc1)NCCn1ccnc1-c1ncccn1. The third-order valence-corrected chi connectivity index (χ3v) is 4.48. The lowest BCUT2D eigenvalue weighted by Crippen LogP contribution is -2.25. The van der Waals surface area contributed by atoms with E-state index >= 15 is 0 Å². The van der Waals surface area contributed by atoms with E-state index in [9.17, 15) is 8.42 Å². The van der Waals surface area contributed by atoms with Crippen molar-refractivity contribution in [2.24, 2.45) is 0 Å². The molecular formula is C17H17N5O2S. The summed E-state index contributed by atoms with van der Waals surface area (Å²) in [6, 6.07) is 11.0. The number of imidazole rings is 1. The van der Waals surface area contributed by atoms with E-state index in [4.69, 9.17) is 0 Å². The third kappa shape index (κ3) is 4.82. The fourth-order valence-electron chi connectivity index (χ4n) is 2.20. The van der Waals surface area contributed by atoms with Crippen molar-refractivity contribution in [3.05, 3.63) is 72.2 Å². The van der Waals surface area contributed by atoms with Crippen LogP contribution in [0.5, 0.6) is 0 Å². The van der Waals surface area contributed by atoms with Crippen molar-refractivity contribution in [3.8, 4) is 11.6 Å². The minimum atomic E-state index is -3.51. The number of sulfonamides is 1. The molecular weight excluding hydrogens is 338 g/mol. The molecule has 0 aliphatic carbocycles. The minimum absolute atomic E-state index is 0.234. The Hall–Kier alpha value is -2.84. The molecule has 0 saturated carbocycles. The predicted octanol–water partition coefficient (Wildman–Crippen LogP) is 1.93. The number of rotatable bonds is 7. The number of benzene rings is 1. The van der Waals surface area contributed by atoms with Crippen LogP contribution in [-0.4, -0.2) is 34.5 Å². The Labute approximate surface area is 146 Å². The normalized spacial score (nSPS) is 11.8. The van der Waals surface area contributed by atoms with Crippen molar-refractivity contribution < 1.29 is 8.42 Å². The third-order valence-electron chi connectivity index (χ3n) is 3.38. The summed E-state index contributed by atoms with van der Waals surface area (Å²) in [5, 5.41) is 1.16. The standard InChI is InChI=1S/C17H17N5O2S/c23-25(24,14-7-15-5-2-1-3-6-15)21-11-13-22-12-10-20-17(22)16-18-8-4-9-19-16/h1-10,12,14,21H,11,13H2. The average molecular weight is 355 g/mol. The molecule has 0 spiro atoms. The van der Waals surface area contributed by atoms with Gasteiger partial charge in [-0.15, -0.1) is 0 Å². The van der Waals surface area contributed by atoms with Gasteiger partial charge in [-0.3, -0.25) is 0 Å². The summed E-state index contributed by atoms with van der Waals surface area (Å²) < 4.78 is 28.4. The Morgan fingerprint density at radius 2 is 1.76 bits per heavy atom. The van der Waals surface area contributed by atoms with Gasteiger partial charge in [0.25, 0.3) is 0 Å². The Morgan fingerprint density at radius 3 is 2.52 bits per heavy atom. The Morgan fingerprint density at radius 1 is 1.00 bits per heavy atom. The van der Waals surface area contributed by atoms with Crippen molar-refractivity contribution in [2.45, 2.75) is 6.54 Å². The first-order chi connectivity index (χ1) is 12.1. The first-order valence-electron chi connectivity index (χ1n) is 7.65. The largest absolute Gasteiger partial charge is 0.327 e. The summed E-state index contributed by atoms with van der Waals surface area (Å²) in [6.45, 7) is 0.656. The highest BCUT2D eigenvalue weighted by atomic mass is 32.2. The molecule has 8 heteroatoms. The molecule has 25 heavy (non-hydrogen) atoms. The Balaban J connectivity index is 1.60. The van der Waals surface area contributed by atoms with E-state index in [0.29, 0.717) is 18.2 Å². The van der Waals surface area contributed by atoms with Crippen LogP contribution in [0.2, 0.25) is 0 Å². The highest BCUT2D eigenvalue weighted by Gasteiger charge is 2.09. The maximum atomic E-state index is 12.0. The van der Waals surface area contributed by atoms with Crippen LogP contribution < -0.4 is 4.72 Å². The number of hydrogen-bond acceptors (Lipinski definition) is 5. The fraction of sp³-hybridized carbons (Fsp3) is 0.118. The van der Waals surface area contributed by atoms with E-state index in [0.717, 1.165) is 11.0 Å². The molecule has 1 N–H and O–H groups in total. The quantitative estimate of drug-likeness (QED) is 0.699.